The van der Waals surface area contributed by atoms with E-state index in [4.69, 9.17) is 9.16 Å². The third kappa shape index (κ3) is 6.59. The lowest BCUT2D eigenvalue weighted by molar-refractivity contribution is -0.00477. The Hall–Kier alpha value is -1.95. The highest BCUT2D eigenvalue weighted by Crippen LogP contribution is 2.37. The Kier molecular flexibility index (Phi) is 8.78. The van der Waals surface area contributed by atoms with Crippen molar-refractivity contribution in [1.29, 1.82) is 0 Å². The van der Waals surface area contributed by atoms with Crippen LogP contribution in [0.15, 0.2) is 72.8 Å². The van der Waals surface area contributed by atoms with Gasteiger partial charge in [0.2, 0.25) is 0 Å². The number of hydrogen-bond acceptors (Lipinski definition) is 3. The monoisotopic (exact) mass is 492 g/mol. The highest BCUT2D eigenvalue weighted by atomic mass is 28.4. The maximum absolute atomic E-state index is 10.6. The van der Waals surface area contributed by atoms with Crippen LogP contribution in [-0.4, -0.2) is 46.4 Å². The van der Waals surface area contributed by atoms with Crippen LogP contribution in [0.5, 0.6) is 0 Å². The van der Waals surface area contributed by atoms with Crippen molar-refractivity contribution in [2.75, 3.05) is 6.61 Å². The molecule has 0 spiro atoms. The third-order valence-electron chi connectivity index (χ3n) is 6.22. The van der Waals surface area contributed by atoms with Crippen molar-refractivity contribution in [2.45, 2.75) is 76.6 Å². The molecule has 1 saturated heterocycles. The fraction of sp³-hybridized carbons (Fsp3) is 0.448. The Labute approximate surface area is 208 Å². The minimum atomic E-state index is -2.60. The lowest BCUT2D eigenvalue weighted by Crippen LogP contribution is -2.67. The zero-order valence-corrected chi connectivity index (χ0v) is 23.5. The first-order chi connectivity index (χ1) is 16.0. The number of hydrogen-bond donors (Lipinski definition) is 1. The van der Waals surface area contributed by atoms with Gasteiger partial charge in [0.1, 0.15) is 8.07 Å². The predicted octanol–water partition coefficient (Wildman–Crippen LogP) is 4.91. The second kappa shape index (κ2) is 11.2. The molecule has 182 valence electrons. The van der Waals surface area contributed by atoms with E-state index in [2.05, 4.69) is 113 Å². The van der Waals surface area contributed by atoms with Crippen molar-refractivity contribution in [2.24, 2.45) is 0 Å². The standard InChI is InChI=1S/C29H40O3Si2/c1-29(2,3)34(25-16-10-7-11-17-25,26-18-12-8-13-19-26)31-23-24-22-27(30)28(32-24)20-14-9-15-21-33(4,5)6/h7-14,16-19,24,27-28,30H,20,22-23H2,1-6H3/b14-9+/t24-,27-,28-/m1/s1. The van der Waals surface area contributed by atoms with E-state index < -0.39 is 22.5 Å². The number of aliphatic hydroxyl groups excluding tert-OH is 1. The second-order valence-corrected chi connectivity index (χ2v) is 20.3. The van der Waals surface area contributed by atoms with Crippen LogP contribution in [0.4, 0.5) is 0 Å². The van der Waals surface area contributed by atoms with Crippen molar-refractivity contribution >= 4 is 26.8 Å². The number of allylic oxidation sites excluding steroid dienone is 1. The van der Waals surface area contributed by atoms with Crippen molar-refractivity contribution in [1.82, 2.24) is 0 Å². The molecule has 0 aromatic heterocycles. The van der Waals surface area contributed by atoms with Crippen LogP contribution in [-0.2, 0) is 9.16 Å². The normalized spacial score (nSPS) is 21.4. The molecule has 0 radical (unpaired) electrons. The molecule has 1 N–H and O–H groups in total. The van der Waals surface area contributed by atoms with Crippen LogP contribution in [0.1, 0.15) is 33.6 Å². The number of ether oxygens (including phenoxy) is 1. The molecule has 3 atom stereocenters. The molecular weight excluding hydrogens is 452 g/mol. The van der Waals surface area contributed by atoms with Crippen LogP contribution in [0, 0.1) is 11.5 Å². The van der Waals surface area contributed by atoms with Crippen LogP contribution in [0.3, 0.4) is 0 Å². The molecule has 0 bridgehead atoms. The van der Waals surface area contributed by atoms with Gasteiger partial charge in [0.05, 0.1) is 24.9 Å². The van der Waals surface area contributed by atoms with Gasteiger partial charge in [-0.3, -0.25) is 0 Å². The summed E-state index contributed by atoms with van der Waals surface area (Å²) in [7, 11) is -3.97. The van der Waals surface area contributed by atoms with Crippen LogP contribution in [0.25, 0.3) is 0 Å². The van der Waals surface area contributed by atoms with Gasteiger partial charge in [-0.15, -0.1) is 5.54 Å². The molecule has 1 fully saturated rings. The Morgan fingerprint density at radius 2 is 1.56 bits per heavy atom. The van der Waals surface area contributed by atoms with E-state index in [0.29, 0.717) is 19.4 Å². The average Bonchev–Trinajstić information content (AvgIpc) is 3.13. The summed E-state index contributed by atoms with van der Waals surface area (Å²) in [6, 6.07) is 21.3. The summed E-state index contributed by atoms with van der Waals surface area (Å²) < 4.78 is 13.3. The quantitative estimate of drug-likeness (QED) is 0.441. The minimum absolute atomic E-state index is 0.0793. The fourth-order valence-electron chi connectivity index (χ4n) is 4.63. The van der Waals surface area contributed by atoms with E-state index in [1.807, 2.05) is 12.2 Å². The van der Waals surface area contributed by atoms with E-state index in [0.717, 1.165) is 0 Å². The summed E-state index contributed by atoms with van der Waals surface area (Å²) in [4.78, 5) is 0. The van der Waals surface area contributed by atoms with E-state index in [1.165, 1.54) is 10.4 Å². The van der Waals surface area contributed by atoms with Gasteiger partial charge in [0.25, 0.3) is 8.32 Å². The topological polar surface area (TPSA) is 38.7 Å². The minimum Gasteiger partial charge on any atom is -0.405 e. The molecule has 1 heterocycles. The van der Waals surface area contributed by atoms with E-state index in [-0.39, 0.29) is 17.2 Å². The van der Waals surface area contributed by atoms with Gasteiger partial charge in [-0.05, 0) is 27.9 Å². The zero-order valence-electron chi connectivity index (χ0n) is 21.5. The van der Waals surface area contributed by atoms with Crippen LogP contribution < -0.4 is 10.4 Å². The molecule has 0 saturated carbocycles. The first-order valence-electron chi connectivity index (χ1n) is 12.3. The van der Waals surface area contributed by atoms with Gasteiger partial charge in [-0.2, -0.15) is 0 Å². The SMILES string of the molecule is CC(C)(C)[Si](OC[C@H]1C[C@@H](O)[C@@H](C/C=C/C#C[Si](C)(C)C)O1)(c1ccccc1)c1ccccc1. The lowest BCUT2D eigenvalue weighted by Gasteiger charge is -2.43. The highest BCUT2D eigenvalue weighted by Gasteiger charge is 2.50. The van der Waals surface area contributed by atoms with Gasteiger partial charge in [0.15, 0.2) is 0 Å². The molecular formula is C29H40O3Si2. The number of rotatable bonds is 7. The Morgan fingerprint density at radius 1 is 1.00 bits per heavy atom. The van der Waals surface area contributed by atoms with Crippen molar-refractivity contribution < 1.29 is 14.3 Å². The molecule has 3 nitrogen and oxygen atoms in total. The van der Waals surface area contributed by atoms with E-state index in [9.17, 15) is 5.11 Å². The Bertz CT molecular complexity index is 955. The first-order valence-corrected chi connectivity index (χ1v) is 17.7. The highest BCUT2D eigenvalue weighted by molar-refractivity contribution is 6.99. The Balaban J connectivity index is 1.76. The Morgan fingerprint density at radius 3 is 2.06 bits per heavy atom. The molecule has 3 rings (SSSR count). The van der Waals surface area contributed by atoms with Crippen LogP contribution in [0.2, 0.25) is 24.7 Å². The fourth-order valence-corrected chi connectivity index (χ4v) is 9.74. The molecule has 0 amide bonds. The summed E-state index contributed by atoms with van der Waals surface area (Å²) in [5.74, 6) is 3.15. The van der Waals surface area contributed by atoms with Crippen LogP contribution >= 0.6 is 0 Å². The van der Waals surface area contributed by atoms with E-state index >= 15 is 0 Å². The van der Waals surface area contributed by atoms with Gasteiger partial charge >= 0.3 is 0 Å². The molecule has 0 aliphatic carbocycles. The van der Waals surface area contributed by atoms with Gasteiger partial charge in [-0.25, -0.2) is 0 Å². The first kappa shape index (κ1) is 26.7. The largest absolute Gasteiger partial charge is 0.405 e. The van der Waals surface area contributed by atoms with Crippen molar-refractivity contribution in [3.05, 3.63) is 72.8 Å². The summed E-state index contributed by atoms with van der Waals surface area (Å²) >= 11 is 0. The van der Waals surface area contributed by atoms with Gasteiger partial charge in [0, 0.05) is 6.42 Å². The molecule has 2 aromatic carbocycles. The zero-order chi connectivity index (χ0) is 24.8. The summed E-state index contributed by atoms with van der Waals surface area (Å²) in [5.41, 5.74) is 3.33. The van der Waals surface area contributed by atoms with E-state index in [1.54, 1.807) is 0 Å². The molecule has 2 aromatic rings. The van der Waals surface area contributed by atoms with Crippen molar-refractivity contribution in [3.8, 4) is 11.5 Å². The maximum Gasteiger partial charge on any atom is 0.261 e. The molecule has 1 aliphatic heterocycles. The summed E-state index contributed by atoms with van der Waals surface area (Å²) in [6.07, 6.45) is 4.37. The van der Waals surface area contributed by atoms with Gasteiger partial charge in [-0.1, -0.05) is 113 Å². The third-order valence-corrected chi connectivity index (χ3v) is 12.1. The van der Waals surface area contributed by atoms with Gasteiger partial charge < -0.3 is 14.3 Å². The number of benzene rings is 2. The predicted molar refractivity (Wildman–Crippen MR) is 148 cm³/mol. The maximum atomic E-state index is 10.6. The molecule has 1 aliphatic rings. The average molecular weight is 493 g/mol. The lowest BCUT2D eigenvalue weighted by atomic mass is 10.1. The number of aliphatic hydroxyl groups is 1. The van der Waals surface area contributed by atoms with Crippen molar-refractivity contribution in [3.63, 3.8) is 0 Å². The smallest absolute Gasteiger partial charge is 0.261 e. The molecule has 0 unspecified atom stereocenters. The summed E-state index contributed by atoms with van der Waals surface area (Å²) in [6.45, 7) is 14.0. The molecule has 5 heteroatoms. The molecule has 34 heavy (non-hydrogen) atoms. The second-order valence-electron chi connectivity index (χ2n) is 11.2. The summed E-state index contributed by atoms with van der Waals surface area (Å²) in [5, 5.41) is 13.1.